The summed E-state index contributed by atoms with van der Waals surface area (Å²) in [6.45, 7) is 1.47. The lowest BCUT2D eigenvalue weighted by molar-refractivity contribution is 0.785. The van der Waals surface area contributed by atoms with E-state index < -0.39 is 0 Å². The zero-order chi connectivity index (χ0) is 20.2. The van der Waals surface area contributed by atoms with Crippen LogP contribution in [-0.4, -0.2) is 24.7 Å². The Morgan fingerprint density at radius 1 is 0.700 bits per heavy atom. The standard InChI is InChI=1S/C24H20N6/c1-3-9-19(10-4-1)16-29(17-20-11-5-2-6-12-20)23-21-15-28-30(24(21)27-18-26-23)22-13-7-8-14-25-22/h1-15,18H,16-17H2. The minimum atomic E-state index is 0.731. The van der Waals surface area contributed by atoms with Crippen molar-refractivity contribution in [2.75, 3.05) is 4.90 Å². The number of fused-ring (bicyclic) bond motifs is 1. The van der Waals surface area contributed by atoms with Gasteiger partial charge >= 0.3 is 0 Å². The molecule has 0 aliphatic rings. The first-order valence-corrected chi connectivity index (χ1v) is 9.81. The summed E-state index contributed by atoms with van der Waals surface area (Å²) in [6.07, 6.45) is 5.17. The molecule has 2 aromatic carbocycles. The van der Waals surface area contributed by atoms with Gasteiger partial charge in [-0.05, 0) is 23.3 Å². The minimum Gasteiger partial charge on any atom is -0.347 e. The maximum Gasteiger partial charge on any atom is 0.170 e. The number of aromatic nitrogens is 5. The molecule has 0 saturated heterocycles. The van der Waals surface area contributed by atoms with Crippen molar-refractivity contribution in [1.29, 1.82) is 0 Å². The average molecular weight is 392 g/mol. The lowest BCUT2D eigenvalue weighted by atomic mass is 10.1. The van der Waals surface area contributed by atoms with Crippen LogP contribution in [0.4, 0.5) is 5.82 Å². The van der Waals surface area contributed by atoms with Gasteiger partial charge in [0, 0.05) is 19.3 Å². The van der Waals surface area contributed by atoms with E-state index in [0.29, 0.717) is 0 Å². The van der Waals surface area contributed by atoms with Crippen LogP contribution in [0.1, 0.15) is 11.1 Å². The highest BCUT2D eigenvalue weighted by atomic mass is 15.3. The first-order chi connectivity index (χ1) is 14.9. The van der Waals surface area contributed by atoms with Crippen molar-refractivity contribution in [1.82, 2.24) is 24.7 Å². The van der Waals surface area contributed by atoms with E-state index in [9.17, 15) is 0 Å². The molecule has 0 fully saturated rings. The van der Waals surface area contributed by atoms with Crippen LogP contribution in [0.5, 0.6) is 0 Å². The van der Waals surface area contributed by atoms with Crippen molar-refractivity contribution in [2.45, 2.75) is 13.1 Å². The van der Waals surface area contributed by atoms with Gasteiger partial charge in [-0.2, -0.15) is 9.78 Å². The van der Waals surface area contributed by atoms with Crippen LogP contribution in [0.3, 0.4) is 0 Å². The van der Waals surface area contributed by atoms with E-state index >= 15 is 0 Å². The molecule has 0 aliphatic carbocycles. The highest BCUT2D eigenvalue weighted by Crippen LogP contribution is 2.27. The van der Waals surface area contributed by atoms with Gasteiger partial charge in [-0.15, -0.1) is 0 Å². The maximum absolute atomic E-state index is 4.65. The molecular weight excluding hydrogens is 372 g/mol. The maximum atomic E-state index is 4.65. The molecule has 5 aromatic rings. The number of hydrogen-bond donors (Lipinski definition) is 0. The van der Waals surface area contributed by atoms with E-state index in [0.717, 1.165) is 35.8 Å². The van der Waals surface area contributed by atoms with Gasteiger partial charge in [0.1, 0.15) is 12.1 Å². The highest BCUT2D eigenvalue weighted by Gasteiger charge is 2.17. The second kappa shape index (κ2) is 8.13. The highest BCUT2D eigenvalue weighted by molar-refractivity contribution is 5.87. The summed E-state index contributed by atoms with van der Waals surface area (Å²) in [7, 11) is 0. The van der Waals surface area contributed by atoms with E-state index in [4.69, 9.17) is 0 Å². The smallest absolute Gasteiger partial charge is 0.170 e. The fourth-order valence-electron chi connectivity index (χ4n) is 3.54. The van der Waals surface area contributed by atoms with Gasteiger partial charge in [0.25, 0.3) is 0 Å². The largest absolute Gasteiger partial charge is 0.347 e. The molecule has 0 saturated carbocycles. The predicted octanol–water partition coefficient (Wildman–Crippen LogP) is 4.42. The summed E-state index contributed by atoms with van der Waals surface area (Å²) < 4.78 is 1.75. The van der Waals surface area contributed by atoms with Crippen molar-refractivity contribution < 1.29 is 0 Å². The summed E-state index contributed by atoms with van der Waals surface area (Å²) in [4.78, 5) is 15.8. The average Bonchev–Trinajstić information content (AvgIpc) is 3.25. The van der Waals surface area contributed by atoms with Crippen LogP contribution in [0, 0.1) is 0 Å². The molecule has 0 unspecified atom stereocenters. The van der Waals surface area contributed by atoms with Crippen LogP contribution in [0.15, 0.2) is 97.6 Å². The molecule has 0 N–H and O–H groups in total. The molecule has 5 rings (SSSR count). The predicted molar refractivity (Wildman–Crippen MR) is 117 cm³/mol. The van der Waals surface area contributed by atoms with Gasteiger partial charge in [0.2, 0.25) is 0 Å². The summed E-state index contributed by atoms with van der Waals surface area (Å²) in [5.41, 5.74) is 3.18. The van der Waals surface area contributed by atoms with Crippen LogP contribution < -0.4 is 4.90 Å². The molecule has 146 valence electrons. The Hall–Kier alpha value is -4.06. The lowest BCUT2D eigenvalue weighted by Gasteiger charge is -2.24. The van der Waals surface area contributed by atoms with Gasteiger partial charge < -0.3 is 4.90 Å². The number of pyridine rings is 1. The molecule has 0 amide bonds. The Kier molecular flexibility index (Phi) is 4.88. The molecule has 0 bridgehead atoms. The molecular formula is C24H20N6. The molecule has 6 heteroatoms. The Morgan fingerprint density at radius 2 is 1.37 bits per heavy atom. The number of benzene rings is 2. The van der Waals surface area contributed by atoms with Crippen molar-refractivity contribution >= 4 is 16.9 Å². The molecule has 0 aliphatic heterocycles. The van der Waals surface area contributed by atoms with Gasteiger partial charge in [0.15, 0.2) is 11.5 Å². The van der Waals surface area contributed by atoms with Crippen molar-refractivity contribution in [3.63, 3.8) is 0 Å². The molecule has 30 heavy (non-hydrogen) atoms. The van der Waals surface area contributed by atoms with E-state index in [1.807, 2.05) is 36.5 Å². The summed E-state index contributed by atoms with van der Waals surface area (Å²) >= 11 is 0. The SMILES string of the molecule is c1ccc(CN(Cc2ccccc2)c2ncnc3c2cnn3-c2ccccn2)cc1. The Bertz CT molecular complexity index is 1190. The third-order valence-electron chi connectivity index (χ3n) is 4.94. The molecule has 6 nitrogen and oxygen atoms in total. The Labute approximate surface area is 174 Å². The van der Waals surface area contributed by atoms with Crippen LogP contribution in [-0.2, 0) is 13.1 Å². The molecule has 0 spiro atoms. The number of nitrogens with zero attached hydrogens (tertiary/aromatic N) is 6. The van der Waals surface area contributed by atoms with Gasteiger partial charge in [0.05, 0.1) is 11.6 Å². The van der Waals surface area contributed by atoms with E-state index in [1.54, 1.807) is 17.2 Å². The van der Waals surface area contributed by atoms with E-state index in [2.05, 4.69) is 73.5 Å². The van der Waals surface area contributed by atoms with Crippen LogP contribution in [0.2, 0.25) is 0 Å². The van der Waals surface area contributed by atoms with Crippen molar-refractivity contribution in [3.05, 3.63) is 109 Å². The number of hydrogen-bond acceptors (Lipinski definition) is 5. The van der Waals surface area contributed by atoms with Crippen molar-refractivity contribution in [3.8, 4) is 5.82 Å². The lowest BCUT2D eigenvalue weighted by Crippen LogP contribution is -2.23. The van der Waals surface area contributed by atoms with Crippen molar-refractivity contribution in [2.24, 2.45) is 0 Å². The topological polar surface area (TPSA) is 59.7 Å². The fraction of sp³-hybridized carbons (Fsp3) is 0.0833. The molecule has 0 radical (unpaired) electrons. The Morgan fingerprint density at radius 3 is 2.00 bits per heavy atom. The second-order valence-electron chi connectivity index (χ2n) is 7.01. The number of anilines is 1. The summed E-state index contributed by atoms with van der Waals surface area (Å²) in [5, 5.41) is 5.45. The zero-order valence-electron chi connectivity index (χ0n) is 16.3. The zero-order valence-corrected chi connectivity index (χ0v) is 16.3. The third-order valence-corrected chi connectivity index (χ3v) is 4.94. The minimum absolute atomic E-state index is 0.731. The molecule has 3 heterocycles. The quantitative estimate of drug-likeness (QED) is 0.428. The van der Waals surface area contributed by atoms with Gasteiger partial charge in [-0.1, -0.05) is 66.7 Å². The monoisotopic (exact) mass is 392 g/mol. The van der Waals surface area contributed by atoms with E-state index in [1.165, 1.54) is 11.1 Å². The first-order valence-electron chi connectivity index (χ1n) is 9.81. The van der Waals surface area contributed by atoms with Crippen LogP contribution in [0.25, 0.3) is 16.9 Å². The number of rotatable bonds is 6. The third kappa shape index (κ3) is 3.63. The van der Waals surface area contributed by atoms with Gasteiger partial charge in [-0.3, -0.25) is 0 Å². The summed E-state index contributed by atoms with van der Waals surface area (Å²) in [6, 6.07) is 26.6. The van der Waals surface area contributed by atoms with E-state index in [-0.39, 0.29) is 0 Å². The second-order valence-corrected chi connectivity index (χ2v) is 7.01. The fourth-order valence-corrected chi connectivity index (χ4v) is 3.54. The molecule has 3 aromatic heterocycles. The normalized spacial score (nSPS) is 10.9. The first kappa shape index (κ1) is 18.0. The molecule has 0 atom stereocenters. The van der Waals surface area contributed by atoms with Gasteiger partial charge in [-0.25, -0.2) is 15.0 Å². The Balaban J connectivity index is 1.59. The van der Waals surface area contributed by atoms with Crippen LogP contribution >= 0.6 is 0 Å². The summed E-state index contributed by atoms with van der Waals surface area (Å²) in [5.74, 6) is 1.59.